The highest BCUT2D eigenvalue weighted by atomic mass is 16.6. The van der Waals surface area contributed by atoms with E-state index in [1.165, 1.54) is 5.56 Å². The smallest absolute Gasteiger partial charge is 0.351 e. The van der Waals surface area contributed by atoms with Crippen LogP contribution in [0.4, 0.5) is 0 Å². The van der Waals surface area contributed by atoms with Crippen LogP contribution in [0.1, 0.15) is 57.3 Å². The second-order valence-corrected chi connectivity index (χ2v) is 7.81. The van der Waals surface area contributed by atoms with E-state index >= 15 is 0 Å². The Morgan fingerprint density at radius 2 is 1.96 bits per heavy atom. The molecule has 1 aromatic rings. The molecule has 0 aromatic heterocycles. The predicted octanol–water partition coefficient (Wildman–Crippen LogP) is 3.34. The van der Waals surface area contributed by atoms with E-state index in [0.717, 1.165) is 18.4 Å². The first-order valence-corrected chi connectivity index (χ1v) is 8.34. The Hall–Kier alpha value is -1.84. The Balaban J connectivity index is 1.63. The van der Waals surface area contributed by atoms with Gasteiger partial charge in [0.05, 0.1) is 5.41 Å². The summed E-state index contributed by atoms with van der Waals surface area (Å²) >= 11 is 0. The first-order valence-electron chi connectivity index (χ1n) is 8.34. The van der Waals surface area contributed by atoms with Crippen molar-refractivity contribution >= 4 is 11.9 Å². The van der Waals surface area contributed by atoms with Gasteiger partial charge in [-0.2, -0.15) is 0 Å². The largest absolute Gasteiger partial charge is 0.454 e. The third-order valence-electron chi connectivity index (χ3n) is 6.74. The number of carbonyl (C=O) groups excluding carboxylic acids is 2. The van der Waals surface area contributed by atoms with Crippen LogP contribution in [-0.4, -0.2) is 17.5 Å². The molecule has 1 aromatic carbocycles. The summed E-state index contributed by atoms with van der Waals surface area (Å²) in [5, 5.41) is 0. The number of aryl methyl sites for hydroxylation is 1. The van der Waals surface area contributed by atoms with Crippen molar-refractivity contribution in [1.29, 1.82) is 0 Å². The summed E-state index contributed by atoms with van der Waals surface area (Å²) in [6.45, 7) is 5.81. The van der Waals surface area contributed by atoms with Crippen LogP contribution >= 0.6 is 0 Å². The summed E-state index contributed by atoms with van der Waals surface area (Å²) in [6.07, 6.45) is 2.72. The number of ether oxygens (including phenoxy) is 2. The van der Waals surface area contributed by atoms with Crippen molar-refractivity contribution in [1.82, 2.24) is 0 Å². The molecule has 1 saturated carbocycles. The molecule has 0 amide bonds. The van der Waals surface area contributed by atoms with E-state index in [-0.39, 0.29) is 18.0 Å². The van der Waals surface area contributed by atoms with E-state index in [4.69, 9.17) is 9.47 Å². The van der Waals surface area contributed by atoms with Crippen LogP contribution in [0, 0.1) is 10.8 Å². The van der Waals surface area contributed by atoms with Gasteiger partial charge in [-0.15, -0.1) is 0 Å². The van der Waals surface area contributed by atoms with Crippen molar-refractivity contribution < 1.29 is 19.1 Å². The van der Waals surface area contributed by atoms with Gasteiger partial charge in [0.15, 0.2) is 0 Å². The molecule has 1 saturated heterocycles. The quantitative estimate of drug-likeness (QED) is 0.786. The van der Waals surface area contributed by atoms with Crippen molar-refractivity contribution in [2.45, 2.75) is 58.2 Å². The molecule has 3 atom stereocenters. The minimum atomic E-state index is -1.13. The molecular weight excluding hydrogens is 292 g/mol. The van der Waals surface area contributed by atoms with Gasteiger partial charge in [-0.05, 0) is 43.7 Å². The molecule has 3 aliphatic rings. The van der Waals surface area contributed by atoms with Gasteiger partial charge in [-0.3, -0.25) is 4.79 Å². The topological polar surface area (TPSA) is 52.6 Å². The highest BCUT2D eigenvalue weighted by molar-refractivity contribution is 5.93. The Morgan fingerprint density at radius 1 is 1.22 bits per heavy atom. The number of fused-ring (bicyclic) bond motifs is 3. The van der Waals surface area contributed by atoms with Gasteiger partial charge in [0, 0.05) is 5.41 Å². The van der Waals surface area contributed by atoms with Crippen LogP contribution in [0.2, 0.25) is 0 Å². The molecule has 122 valence electrons. The molecule has 4 rings (SSSR count). The normalized spacial score (nSPS) is 36.7. The van der Waals surface area contributed by atoms with Crippen LogP contribution in [0.3, 0.4) is 0 Å². The van der Waals surface area contributed by atoms with Crippen molar-refractivity contribution in [3.05, 3.63) is 35.4 Å². The van der Waals surface area contributed by atoms with E-state index in [9.17, 15) is 9.59 Å². The number of benzene rings is 1. The molecule has 0 spiro atoms. The minimum absolute atomic E-state index is 0.227. The number of hydrogen-bond acceptors (Lipinski definition) is 4. The molecule has 0 N–H and O–H groups in total. The fourth-order valence-electron chi connectivity index (χ4n) is 4.57. The van der Waals surface area contributed by atoms with Gasteiger partial charge in [0.1, 0.15) is 6.10 Å². The maximum atomic E-state index is 13.0. The monoisotopic (exact) mass is 314 g/mol. The van der Waals surface area contributed by atoms with Gasteiger partial charge in [-0.25, -0.2) is 4.79 Å². The zero-order valence-corrected chi connectivity index (χ0v) is 13.8. The predicted molar refractivity (Wildman–Crippen MR) is 83.5 cm³/mol. The molecule has 2 unspecified atom stereocenters. The second-order valence-electron chi connectivity index (χ2n) is 7.81. The van der Waals surface area contributed by atoms with E-state index in [0.29, 0.717) is 12.8 Å². The van der Waals surface area contributed by atoms with Gasteiger partial charge >= 0.3 is 11.9 Å². The lowest BCUT2D eigenvalue weighted by atomic mass is 9.66. The molecular formula is C19H22O4. The number of carbonyl (C=O) groups is 2. The fourth-order valence-corrected chi connectivity index (χ4v) is 4.57. The average Bonchev–Trinajstić information content (AvgIpc) is 3.05. The van der Waals surface area contributed by atoms with Gasteiger partial charge in [-0.1, -0.05) is 38.1 Å². The first kappa shape index (κ1) is 14.7. The van der Waals surface area contributed by atoms with E-state index in [1.54, 1.807) is 0 Å². The zero-order valence-electron chi connectivity index (χ0n) is 13.8. The van der Waals surface area contributed by atoms with Crippen molar-refractivity contribution in [3.8, 4) is 0 Å². The highest BCUT2D eigenvalue weighted by Crippen LogP contribution is 2.66. The lowest BCUT2D eigenvalue weighted by molar-refractivity contribution is -0.187. The number of hydrogen-bond donors (Lipinski definition) is 0. The van der Waals surface area contributed by atoms with Gasteiger partial charge < -0.3 is 9.47 Å². The average molecular weight is 314 g/mol. The summed E-state index contributed by atoms with van der Waals surface area (Å²) in [4.78, 5) is 25.3. The maximum Gasteiger partial charge on any atom is 0.351 e. The third kappa shape index (κ3) is 1.62. The molecule has 23 heavy (non-hydrogen) atoms. The van der Waals surface area contributed by atoms with Crippen LogP contribution in [0.15, 0.2) is 24.3 Å². The lowest BCUT2D eigenvalue weighted by Crippen LogP contribution is -2.49. The molecule has 0 radical (unpaired) electrons. The summed E-state index contributed by atoms with van der Waals surface area (Å²) in [5.41, 5.74) is 0.0456. The molecule has 4 heteroatoms. The second kappa shape index (κ2) is 4.37. The van der Waals surface area contributed by atoms with Gasteiger partial charge in [0.25, 0.3) is 0 Å². The summed E-state index contributed by atoms with van der Waals surface area (Å²) in [7, 11) is 0. The van der Waals surface area contributed by atoms with Crippen LogP contribution in [0.5, 0.6) is 0 Å². The van der Waals surface area contributed by atoms with Crippen molar-refractivity contribution in [3.63, 3.8) is 0 Å². The Morgan fingerprint density at radius 3 is 2.61 bits per heavy atom. The number of rotatable bonds is 2. The van der Waals surface area contributed by atoms with Crippen molar-refractivity contribution in [2.75, 3.05) is 0 Å². The molecule has 4 nitrogen and oxygen atoms in total. The summed E-state index contributed by atoms with van der Waals surface area (Å²) < 4.78 is 11.5. The number of esters is 2. The highest BCUT2D eigenvalue weighted by Gasteiger charge is 2.76. The Labute approximate surface area is 136 Å². The summed E-state index contributed by atoms with van der Waals surface area (Å²) in [5.74, 6) is -0.642. The third-order valence-corrected chi connectivity index (χ3v) is 6.74. The van der Waals surface area contributed by atoms with Gasteiger partial charge in [0.2, 0.25) is 5.60 Å². The zero-order chi connectivity index (χ0) is 16.5. The van der Waals surface area contributed by atoms with Crippen molar-refractivity contribution in [2.24, 2.45) is 10.8 Å². The van der Waals surface area contributed by atoms with Crippen LogP contribution < -0.4 is 0 Å². The van der Waals surface area contributed by atoms with Crippen LogP contribution in [-0.2, 0) is 25.5 Å². The standard InChI is InChI=1S/C19H22O4/c1-17(2)18(3)10-11-19(17,23-15(18)20)16(21)22-14-9-8-12-6-4-5-7-13(12)14/h4-7,14H,8-11H2,1-3H3/t14?,18?,19-/m1/s1. The Kier molecular flexibility index (Phi) is 2.80. The van der Waals surface area contributed by atoms with E-state index in [2.05, 4.69) is 6.07 Å². The van der Waals surface area contributed by atoms with E-state index in [1.807, 2.05) is 39.0 Å². The SMILES string of the molecule is CC12CC[C@](C(=O)OC3CCc4ccccc43)(OC1=O)C2(C)C. The molecule has 2 bridgehead atoms. The Bertz CT molecular complexity index is 707. The van der Waals surface area contributed by atoms with E-state index < -0.39 is 16.4 Å². The fraction of sp³-hybridized carbons (Fsp3) is 0.579. The lowest BCUT2D eigenvalue weighted by Gasteiger charge is -2.35. The first-order chi connectivity index (χ1) is 10.8. The van der Waals surface area contributed by atoms with Crippen LogP contribution in [0.25, 0.3) is 0 Å². The molecule has 1 aliphatic heterocycles. The molecule has 2 fully saturated rings. The molecule has 2 aliphatic carbocycles. The summed E-state index contributed by atoms with van der Waals surface area (Å²) in [6, 6.07) is 8.07. The molecule has 1 heterocycles. The minimum Gasteiger partial charge on any atom is -0.454 e. The maximum absolute atomic E-state index is 13.0.